The fraction of sp³-hybridized carbons (Fsp3) is 0.417. The summed E-state index contributed by atoms with van der Waals surface area (Å²) in [4.78, 5) is 7.83. The monoisotopic (exact) mass is 267 g/mol. The molecule has 1 aliphatic heterocycles. The molecule has 2 N–H and O–H groups in total. The normalized spacial score (nSPS) is 20.2. The van der Waals surface area contributed by atoms with Crippen LogP contribution in [0.5, 0.6) is 0 Å². The molecule has 3 rings (SSSR count). The fourth-order valence-corrected chi connectivity index (χ4v) is 3.41. The van der Waals surface area contributed by atoms with E-state index in [0.29, 0.717) is 6.04 Å². The molecule has 0 bridgehead atoms. The van der Waals surface area contributed by atoms with Gasteiger partial charge in [-0.05, 0) is 30.4 Å². The SMILES string of the molecule is Clc1ccc2nc(CN[C@@H]3CCSC3)[nH]c2c1. The van der Waals surface area contributed by atoms with Gasteiger partial charge in [0.25, 0.3) is 0 Å². The first-order chi connectivity index (χ1) is 8.31. The van der Waals surface area contributed by atoms with Crippen LogP contribution in [0.2, 0.25) is 5.02 Å². The summed E-state index contributed by atoms with van der Waals surface area (Å²) in [5.41, 5.74) is 1.99. The molecule has 1 atom stereocenters. The van der Waals surface area contributed by atoms with Gasteiger partial charge in [0, 0.05) is 16.8 Å². The summed E-state index contributed by atoms with van der Waals surface area (Å²) in [5.74, 6) is 3.47. The first kappa shape index (κ1) is 11.4. The van der Waals surface area contributed by atoms with Crippen molar-refractivity contribution in [1.82, 2.24) is 15.3 Å². The van der Waals surface area contributed by atoms with Crippen LogP contribution in [0.1, 0.15) is 12.2 Å². The summed E-state index contributed by atoms with van der Waals surface area (Å²) >= 11 is 7.96. The van der Waals surface area contributed by atoms with Crippen molar-refractivity contribution in [1.29, 1.82) is 0 Å². The second kappa shape index (κ2) is 4.88. The van der Waals surface area contributed by atoms with E-state index in [0.717, 1.165) is 28.4 Å². The number of nitrogens with one attached hydrogen (secondary N) is 2. The van der Waals surface area contributed by atoms with Crippen molar-refractivity contribution in [3.05, 3.63) is 29.0 Å². The number of aromatic amines is 1. The minimum atomic E-state index is 0.636. The molecule has 1 aromatic heterocycles. The van der Waals surface area contributed by atoms with Gasteiger partial charge in [0.05, 0.1) is 17.6 Å². The number of fused-ring (bicyclic) bond motifs is 1. The zero-order chi connectivity index (χ0) is 11.7. The Morgan fingerprint density at radius 1 is 1.53 bits per heavy atom. The van der Waals surface area contributed by atoms with Gasteiger partial charge in [-0.2, -0.15) is 11.8 Å². The van der Waals surface area contributed by atoms with Gasteiger partial charge >= 0.3 is 0 Å². The van der Waals surface area contributed by atoms with Gasteiger partial charge in [0.15, 0.2) is 0 Å². The van der Waals surface area contributed by atoms with E-state index in [-0.39, 0.29) is 0 Å². The van der Waals surface area contributed by atoms with Gasteiger partial charge in [-0.15, -0.1) is 0 Å². The molecule has 1 fully saturated rings. The molecule has 0 radical (unpaired) electrons. The van der Waals surface area contributed by atoms with E-state index >= 15 is 0 Å². The van der Waals surface area contributed by atoms with Crippen molar-refractivity contribution < 1.29 is 0 Å². The lowest BCUT2D eigenvalue weighted by Crippen LogP contribution is -2.28. The Kier molecular flexibility index (Phi) is 3.27. The predicted molar refractivity (Wildman–Crippen MR) is 73.7 cm³/mol. The third kappa shape index (κ3) is 2.59. The summed E-state index contributed by atoms with van der Waals surface area (Å²) in [6, 6.07) is 6.37. The van der Waals surface area contributed by atoms with Crippen LogP contribution in [-0.2, 0) is 6.54 Å². The molecule has 0 amide bonds. The summed E-state index contributed by atoms with van der Waals surface area (Å²) in [7, 11) is 0. The molecule has 1 saturated heterocycles. The van der Waals surface area contributed by atoms with Crippen LogP contribution >= 0.6 is 23.4 Å². The topological polar surface area (TPSA) is 40.7 Å². The zero-order valence-corrected chi connectivity index (χ0v) is 10.9. The highest BCUT2D eigenvalue weighted by molar-refractivity contribution is 7.99. The van der Waals surface area contributed by atoms with Gasteiger partial charge in [0.1, 0.15) is 5.82 Å². The number of hydrogen-bond donors (Lipinski definition) is 2. The van der Waals surface area contributed by atoms with Crippen molar-refractivity contribution in [2.75, 3.05) is 11.5 Å². The van der Waals surface area contributed by atoms with Gasteiger partial charge in [0.2, 0.25) is 0 Å². The number of benzene rings is 1. The molecule has 0 unspecified atom stereocenters. The van der Waals surface area contributed by atoms with Crippen LogP contribution < -0.4 is 5.32 Å². The molecule has 2 aromatic rings. The molecular formula is C12H14ClN3S. The highest BCUT2D eigenvalue weighted by Gasteiger charge is 2.15. The maximum absolute atomic E-state index is 5.94. The van der Waals surface area contributed by atoms with E-state index in [1.807, 2.05) is 30.0 Å². The summed E-state index contributed by atoms with van der Waals surface area (Å²) in [5, 5.41) is 4.27. The lowest BCUT2D eigenvalue weighted by atomic mass is 10.2. The number of nitrogens with zero attached hydrogens (tertiary/aromatic N) is 1. The van der Waals surface area contributed by atoms with Crippen molar-refractivity contribution in [3.63, 3.8) is 0 Å². The molecule has 5 heteroatoms. The lowest BCUT2D eigenvalue weighted by Gasteiger charge is -2.08. The van der Waals surface area contributed by atoms with Crippen LogP contribution in [-0.4, -0.2) is 27.5 Å². The van der Waals surface area contributed by atoms with Crippen molar-refractivity contribution >= 4 is 34.4 Å². The smallest absolute Gasteiger partial charge is 0.121 e. The summed E-state index contributed by atoms with van der Waals surface area (Å²) in [6.45, 7) is 0.803. The maximum Gasteiger partial charge on any atom is 0.121 e. The summed E-state index contributed by atoms with van der Waals surface area (Å²) < 4.78 is 0. The molecule has 0 aliphatic carbocycles. The number of rotatable bonds is 3. The van der Waals surface area contributed by atoms with E-state index in [9.17, 15) is 0 Å². The highest BCUT2D eigenvalue weighted by atomic mass is 35.5. The first-order valence-electron chi connectivity index (χ1n) is 5.76. The van der Waals surface area contributed by atoms with Gasteiger partial charge in [-0.3, -0.25) is 0 Å². The second-order valence-electron chi connectivity index (χ2n) is 4.29. The molecule has 1 aliphatic rings. The number of thioether (sulfide) groups is 1. The Morgan fingerprint density at radius 3 is 3.29 bits per heavy atom. The van der Waals surface area contributed by atoms with E-state index in [4.69, 9.17) is 11.6 Å². The molecule has 0 spiro atoms. The average molecular weight is 268 g/mol. The Bertz CT molecular complexity index is 519. The molecule has 2 heterocycles. The number of hydrogen-bond acceptors (Lipinski definition) is 3. The molecule has 1 aromatic carbocycles. The summed E-state index contributed by atoms with van der Waals surface area (Å²) in [6.07, 6.45) is 1.26. The zero-order valence-electron chi connectivity index (χ0n) is 9.37. The van der Waals surface area contributed by atoms with Crippen LogP contribution in [0.4, 0.5) is 0 Å². The van der Waals surface area contributed by atoms with Crippen molar-refractivity contribution in [2.45, 2.75) is 19.0 Å². The number of imidazole rings is 1. The van der Waals surface area contributed by atoms with E-state index in [1.165, 1.54) is 17.9 Å². The Hall–Kier alpha value is -0.710. The van der Waals surface area contributed by atoms with Gasteiger partial charge in [-0.1, -0.05) is 11.6 Å². The average Bonchev–Trinajstić information content (AvgIpc) is 2.94. The van der Waals surface area contributed by atoms with E-state index in [2.05, 4.69) is 15.3 Å². The molecular weight excluding hydrogens is 254 g/mol. The standard InChI is InChI=1S/C12H14ClN3S/c13-8-1-2-10-11(5-8)16-12(15-10)6-14-9-3-4-17-7-9/h1-2,5,9,14H,3-4,6-7H2,(H,15,16)/t9-/m1/s1. The first-order valence-corrected chi connectivity index (χ1v) is 7.30. The third-order valence-electron chi connectivity index (χ3n) is 2.98. The largest absolute Gasteiger partial charge is 0.341 e. The molecule has 3 nitrogen and oxygen atoms in total. The highest BCUT2D eigenvalue weighted by Crippen LogP contribution is 2.19. The third-order valence-corrected chi connectivity index (χ3v) is 4.38. The van der Waals surface area contributed by atoms with E-state index in [1.54, 1.807) is 0 Å². The van der Waals surface area contributed by atoms with Gasteiger partial charge in [-0.25, -0.2) is 4.98 Å². The molecule has 90 valence electrons. The van der Waals surface area contributed by atoms with Crippen molar-refractivity contribution in [2.24, 2.45) is 0 Å². The number of H-pyrrole nitrogens is 1. The van der Waals surface area contributed by atoms with Crippen LogP contribution in [0.25, 0.3) is 11.0 Å². The van der Waals surface area contributed by atoms with Crippen LogP contribution in [0, 0.1) is 0 Å². The minimum absolute atomic E-state index is 0.636. The Balaban J connectivity index is 1.72. The minimum Gasteiger partial charge on any atom is -0.341 e. The maximum atomic E-state index is 5.94. The van der Waals surface area contributed by atoms with Crippen molar-refractivity contribution in [3.8, 4) is 0 Å². The lowest BCUT2D eigenvalue weighted by molar-refractivity contribution is 0.547. The second-order valence-corrected chi connectivity index (χ2v) is 5.87. The quantitative estimate of drug-likeness (QED) is 0.899. The number of halogens is 1. The Morgan fingerprint density at radius 2 is 2.47 bits per heavy atom. The molecule has 17 heavy (non-hydrogen) atoms. The van der Waals surface area contributed by atoms with Gasteiger partial charge < -0.3 is 10.3 Å². The number of aromatic nitrogens is 2. The van der Waals surface area contributed by atoms with Crippen LogP contribution in [0.15, 0.2) is 18.2 Å². The molecule has 0 saturated carbocycles. The van der Waals surface area contributed by atoms with Crippen LogP contribution in [0.3, 0.4) is 0 Å². The fourth-order valence-electron chi connectivity index (χ4n) is 2.05. The predicted octanol–water partition coefficient (Wildman–Crippen LogP) is 2.81. The Labute approximate surface area is 109 Å². The van der Waals surface area contributed by atoms with E-state index < -0.39 is 0 Å².